The van der Waals surface area contributed by atoms with E-state index in [-0.39, 0.29) is 37.5 Å². The molecule has 0 fully saturated rings. The number of rotatable bonds is 5. The van der Waals surface area contributed by atoms with E-state index < -0.39 is 17.8 Å². The van der Waals surface area contributed by atoms with Crippen LogP contribution in [0.3, 0.4) is 0 Å². The summed E-state index contributed by atoms with van der Waals surface area (Å²) in [6, 6.07) is 12.2. The zero-order valence-corrected chi connectivity index (χ0v) is 19.1. The van der Waals surface area contributed by atoms with Crippen LogP contribution in [-0.2, 0) is 29.0 Å². The SMILES string of the molecule is CCOC(=O)N1CCc2c(nc(-c3ccc(F)cc3)n(CC(=O)Nc3ccccc3Cl)c2=O)C1. The minimum atomic E-state index is -0.485. The Hall–Kier alpha value is -3.72. The number of anilines is 1. The second-order valence-corrected chi connectivity index (χ2v) is 8.06. The Kier molecular flexibility index (Phi) is 6.93. The van der Waals surface area contributed by atoms with Gasteiger partial charge in [-0.15, -0.1) is 0 Å². The summed E-state index contributed by atoms with van der Waals surface area (Å²) in [6.07, 6.45) is -0.211. The van der Waals surface area contributed by atoms with Gasteiger partial charge in [0.15, 0.2) is 0 Å². The molecule has 2 heterocycles. The van der Waals surface area contributed by atoms with E-state index in [1.165, 1.54) is 33.7 Å². The molecule has 1 N–H and O–H groups in total. The van der Waals surface area contributed by atoms with Crippen LogP contribution in [-0.4, -0.2) is 39.6 Å². The Labute approximate surface area is 199 Å². The predicted octanol–water partition coefficient (Wildman–Crippen LogP) is 3.86. The fraction of sp³-hybridized carbons (Fsp3) is 0.250. The average molecular weight is 485 g/mol. The van der Waals surface area contributed by atoms with Crippen molar-refractivity contribution in [1.29, 1.82) is 0 Å². The summed E-state index contributed by atoms with van der Waals surface area (Å²) in [5.74, 6) is -0.714. The average Bonchev–Trinajstić information content (AvgIpc) is 2.82. The third-order valence-electron chi connectivity index (χ3n) is 5.40. The number of aromatic nitrogens is 2. The van der Waals surface area contributed by atoms with Crippen LogP contribution in [0.1, 0.15) is 18.2 Å². The van der Waals surface area contributed by atoms with E-state index in [1.807, 2.05) is 0 Å². The van der Waals surface area contributed by atoms with Crippen molar-refractivity contribution in [2.45, 2.75) is 26.4 Å². The van der Waals surface area contributed by atoms with Crippen LogP contribution in [0.5, 0.6) is 0 Å². The van der Waals surface area contributed by atoms with Crippen LogP contribution in [0.2, 0.25) is 5.02 Å². The van der Waals surface area contributed by atoms with Gasteiger partial charge in [-0.05, 0) is 49.7 Å². The van der Waals surface area contributed by atoms with Gasteiger partial charge in [0.25, 0.3) is 5.56 Å². The standard InChI is InChI=1S/C24H22ClFN4O4/c1-2-34-24(33)29-12-11-17-20(13-29)28-22(15-7-9-16(26)10-8-15)30(23(17)32)14-21(31)27-19-6-4-3-5-18(19)25/h3-10H,2,11-14H2,1H3,(H,27,31). The highest BCUT2D eigenvalue weighted by atomic mass is 35.5. The van der Waals surface area contributed by atoms with Crippen molar-refractivity contribution in [3.63, 3.8) is 0 Å². The summed E-state index contributed by atoms with van der Waals surface area (Å²) in [4.78, 5) is 44.5. The molecule has 3 aromatic rings. The zero-order chi connectivity index (χ0) is 24.2. The van der Waals surface area contributed by atoms with Gasteiger partial charge in [-0.25, -0.2) is 14.2 Å². The molecule has 0 aliphatic carbocycles. The third-order valence-corrected chi connectivity index (χ3v) is 5.73. The maximum absolute atomic E-state index is 13.5. The first-order valence-electron chi connectivity index (χ1n) is 10.7. The van der Waals surface area contributed by atoms with Crippen LogP contribution in [0.25, 0.3) is 11.4 Å². The number of ether oxygens (including phenoxy) is 1. The molecule has 4 rings (SSSR count). The Bertz CT molecular complexity index is 1290. The molecule has 1 aliphatic heterocycles. The normalized spacial score (nSPS) is 12.7. The first kappa shape index (κ1) is 23.4. The quantitative estimate of drug-likeness (QED) is 0.593. The molecule has 0 saturated carbocycles. The van der Waals surface area contributed by atoms with Crippen LogP contribution >= 0.6 is 11.6 Å². The van der Waals surface area contributed by atoms with Crippen LogP contribution < -0.4 is 10.9 Å². The number of benzene rings is 2. The Morgan fingerprint density at radius 3 is 2.62 bits per heavy atom. The Morgan fingerprint density at radius 1 is 1.18 bits per heavy atom. The van der Waals surface area contributed by atoms with Gasteiger partial charge in [-0.2, -0.15) is 0 Å². The first-order chi connectivity index (χ1) is 16.4. The molecule has 0 unspecified atom stereocenters. The van der Waals surface area contributed by atoms with E-state index in [0.717, 1.165) is 0 Å². The van der Waals surface area contributed by atoms with E-state index in [9.17, 15) is 18.8 Å². The fourth-order valence-corrected chi connectivity index (χ4v) is 3.94. The van der Waals surface area contributed by atoms with Crippen molar-refractivity contribution in [3.05, 3.63) is 81.0 Å². The largest absolute Gasteiger partial charge is 0.450 e. The fourth-order valence-electron chi connectivity index (χ4n) is 3.76. The molecule has 10 heteroatoms. The smallest absolute Gasteiger partial charge is 0.410 e. The second-order valence-electron chi connectivity index (χ2n) is 7.66. The topological polar surface area (TPSA) is 93.5 Å². The van der Waals surface area contributed by atoms with Crippen molar-refractivity contribution < 1.29 is 18.7 Å². The lowest BCUT2D eigenvalue weighted by atomic mass is 10.1. The van der Waals surface area contributed by atoms with Gasteiger partial charge in [0.05, 0.1) is 29.6 Å². The minimum Gasteiger partial charge on any atom is -0.450 e. The van der Waals surface area contributed by atoms with Gasteiger partial charge >= 0.3 is 6.09 Å². The number of nitrogens with zero attached hydrogens (tertiary/aromatic N) is 3. The predicted molar refractivity (Wildman–Crippen MR) is 125 cm³/mol. The van der Waals surface area contributed by atoms with Gasteiger partial charge in [-0.3, -0.25) is 14.2 Å². The summed E-state index contributed by atoms with van der Waals surface area (Å²) >= 11 is 6.13. The zero-order valence-electron chi connectivity index (χ0n) is 18.4. The molecule has 8 nitrogen and oxygen atoms in total. The van der Waals surface area contributed by atoms with E-state index >= 15 is 0 Å². The number of carbonyl (C=O) groups is 2. The van der Waals surface area contributed by atoms with E-state index in [2.05, 4.69) is 10.3 Å². The van der Waals surface area contributed by atoms with Gasteiger partial charge in [-0.1, -0.05) is 23.7 Å². The van der Waals surface area contributed by atoms with Gasteiger partial charge in [0, 0.05) is 17.7 Å². The second kappa shape index (κ2) is 10.0. The molecule has 0 bridgehead atoms. The summed E-state index contributed by atoms with van der Waals surface area (Å²) < 4.78 is 19.9. The summed E-state index contributed by atoms with van der Waals surface area (Å²) in [5, 5.41) is 3.07. The number of hydrogen-bond donors (Lipinski definition) is 1. The lowest BCUT2D eigenvalue weighted by molar-refractivity contribution is -0.116. The summed E-state index contributed by atoms with van der Waals surface area (Å²) in [7, 11) is 0. The highest BCUT2D eigenvalue weighted by molar-refractivity contribution is 6.33. The lowest BCUT2D eigenvalue weighted by Gasteiger charge is -2.28. The molecule has 1 aromatic heterocycles. The van der Waals surface area contributed by atoms with E-state index in [1.54, 1.807) is 31.2 Å². The highest BCUT2D eigenvalue weighted by Gasteiger charge is 2.27. The third kappa shape index (κ3) is 4.94. The summed E-state index contributed by atoms with van der Waals surface area (Å²) in [5.41, 5.74) is 1.34. The molecule has 0 radical (unpaired) electrons. The van der Waals surface area contributed by atoms with Crippen molar-refractivity contribution in [3.8, 4) is 11.4 Å². The van der Waals surface area contributed by atoms with Crippen LogP contribution in [0.4, 0.5) is 14.9 Å². The molecule has 176 valence electrons. The van der Waals surface area contributed by atoms with E-state index in [4.69, 9.17) is 16.3 Å². The van der Waals surface area contributed by atoms with E-state index in [0.29, 0.717) is 34.1 Å². The molecule has 2 aromatic carbocycles. The highest BCUT2D eigenvalue weighted by Crippen LogP contribution is 2.23. The monoisotopic (exact) mass is 484 g/mol. The molecule has 0 atom stereocenters. The number of halogens is 2. The Morgan fingerprint density at radius 2 is 1.91 bits per heavy atom. The van der Waals surface area contributed by atoms with Gasteiger partial charge < -0.3 is 15.0 Å². The summed E-state index contributed by atoms with van der Waals surface area (Å²) in [6.45, 7) is 2.03. The molecule has 1 aliphatic rings. The van der Waals surface area contributed by atoms with Crippen LogP contribution in [0.15, 0.2) is 53.3 Å². The number of amides is 2. The van der Waals surface area contributed by atoms with Crippen LogP contribution in [0, 0.1) is 5.82 Å². The molecular weight excluding hydrogens is 463 g/mol. The number of nitrogens with one attached hydrogen (secondary N) is 1. The number of hydrogen-bond acceptors (Lipinski definition) is 5. The number of para-hydroxylation sites is 1. The van der Waals surface area contributed by atoms with Gasteiger partial charge in [0.1, 0.15) is 18.2 Å². The number of fused-ring (bicyclic) bond motifs is 1. The number of carbonyl (C=O) groups excluding carboxylic acids is 2. The molecule has 2 amide bonds. The van der Waals surface area contributed by atoms with Gasteiger partial charge in [0.2, 0.25) is 5.91 Å². The van der Waals surface area contributed by atoms with Crippen molar-refractivity contribution in [2.24, 2.45) is 0 Å². The van der Waals surface area contributed by atoms with Crippen molar-refractivity contribution in [1.82, 2.24) is 14.5 Å². The van der Waals surface area contributed by atoms with Crippen molar-refractivity contribution in [2.75, 3.05) is 18.5 Å². The minimum absolute atomic E-state index is 0.101. The maximum atomic E-state index is 13.5. The lowest BCUT2D eigenvalue weighted by Crippen LogP contribution is -2.42. The Balaban J connectivity index is 1.72. The molecular formula is C24H22ClFN4O4. The van der Waals surface area contributed by atoms with Crippen molar-refractivity contribution >= 4 is 29.3 Å². The molecule has 0 saturated heterocycles. The first-order valence-corrected chi connectivity index (χ1v) is 11.1. The molecule has 34 heavy (non-hydrogen) atoms. The molecule has 0 spiro atoms. The maximum Gasteiger partial charge on any atom is 0.410 e.